The van der Waals surface area contributed by atoms with E-state index in [0.717, 1.165) is 50.6 Å². The molecule has 0 atom stereocenters. The van der Waals surface area contributed by atoms with Gasteiger partial charge in [0, 0.05) is 45.1 Å². The van der Waals surface area contributed by atoms with Gasteiger partial charge in [-0.25, -0.2) is 4.98 Å². The van der Waals surface area contributed by atoms with Crippen LogP contribution < -0.4 is 0 Å². The molecule has 19 heavy (non-hydrogen) atoms. The summed E-state index contributed by atoms with van der Waals surface area (Å²) in [6, 6.07) is 6.08. The zero-order valence-electron chi connectivity index (χ0n) is 11.0. The lowest BCUT2D eigenvalue weighted by Gasteiger charge is -2.33. The second-order valence-electron chi connectivity index (χ2n) is 4.95. The maximum atomic E-state index is 5.34. The van der Waals surface area contributed by atoms with E-state index in [-0.39, 0.29) is 0 Å². The van der Waals surface area contributed by atoms with E-state index in [1.54, 1.807) is 0 Å². The van der Waals surface area contributed by atoms with Crippen molar-refractivity contribution in [1.29, 1.82) is 0 Å². The van der Waals surface area contributed by atoms with Crippen LogP contribution in [0.25, 0.3) is 5.65 Å². The van der Waals surface area contributed by atoms with Gasteiger partial charge in [-0.05, 0) is 12.1 Å². The maximum Gasteiger partial charge on any atom is 0.137 e. The Bertz CT molecular complexity index is 554. The van der Waals surface area contributed by atoms with E-state index in [1.165, 1.54) is 0 Å². The number of rotatable bonds is 3. The van der Waals surface area contributed by atoms with Gasteiger partial charge >= 0.3 is 0 Å². The first-order valence-corrected chi connectivity index (χ1v) is 6.66. The lowest BCUT2D eigenvalue weighted by Crippen LogP contribution is -2.45. The van der Waals surface area contributed by atoms with E-state index in [1.807, 2.05) is 24.4 Å². The predicted octanol–water partition coefficient (Wildman–Crippen LogP) is 1.09. The lowest BCUT2D eigenvalue weighted by atomic mass is 10.3. The molecule has 2 aromatic rings. The Kier molecular flexibility index (Phi) is 3.49. The standard InChI is InChI=1S/C15H18N4/c1-2-6-17-8-10-18(11-9-17)12-14-13-19-7-4-3-5-15(19)16-14/h1,3-5,7,13H,6,8-12H2. The van der Waals surface area contributed by atoms with Crippen molar-refractivity contribution in [1.82, 2.24) is 19.2 Å². The highest BCUT2D eigenvalue weighted by molar-refractivity contribution is 5.39. The Labute approximate surface area is 113 Å². The fraction of sp³-hybridized carbons (Fsp3) is 0.400. The Hall–Kier alpha value is -1.83. The number of pyridine rings is 1. The first-order chi connectivity index (χ1) is 9.35. The maximum absolute atomic E-state index is 5.34. The molecule has 2 aromatic heterocycles. The molecule has 0 unspecified atom stereocenters. The first-order valence-electron chi connectivity index (χ1n) is 6.66. The largest absolute Gasteiger partial charge is 0.307 e. The minimum atomic E-state index is 0.766. The van der Waals surface area contributed by atoms with Crippen LogP contribution in [-0.4, -0.2) is 51.9 Å². The molecule has 1 saturated heterocycles. The van der Waals surface area contributed by atoms with E-state index in [4.69, 9.17) is 6.42 Å². The predicted molar refractivity (Wildman–Crippen MR) is 75.7 cm³/mol. The highest BCUT2D eigenvalue weighted by Crippen LogP contribution is 2.09. The third kappa shape index (κ3) is 2.78. The van der Waals surface area contributed by atoms with Gasteiger partial charge in [-0.3, -0.25) is 9.80 Å². The molecule has 4 heteroatoms. The summed E-state index contributed by atoms with van der Waals surface area (Å²) < 4.78 is 2.07. The first kappa shape index (κ1) is 12.2. The number of aromatic nitrogens is 2. The van der Waals surface area contributed by atoms with Gasteiger partial charge in [0.05, 0.1) is 12.2 Å². The van der Waals surface area contributed by atoms with Crippen LogP contribution in [0.5, 0.6) is 0 Å². The van der Waals surface area contributed by atoms with Crippen LogP contribution in [0.2, 0.25) is 0 Å². The van der Waals surface area contributed by atoms with Gasteiger partial charge in [-0.15, -0.1) is 6.42 Å². The zero-order chi connectivity index (χ0) is 13.1. The fourth-order valence-corrected chi connectivity index (χ4v) is 2.53. The Morgan fingerprint density at radius 2 is 1.95 bits per heavy atom. The summed E-state index contributed by atoms with van der Waals surface area (Å²) >= 11 is 0. The molecule has 0 aliphatic carbocycles. The van der Waals surface area contributed by atoms with Crippen LogP contribution in [0, 0.1) is 12.3 Å². The van der Waals surface area contributed by atoms with Crippen molar-refractivity contribution >= 4 is 5.65 Å². The number of imidazole rings is 1. The summed E-state index contributed by atoms with van der Waals surface area (Å²) in [6.07, 6.45) is 9.50. The highest BCUT2D eigenvalue weighted by Gasteiger charge is 2.16. The monoisotopic (exact) mass is 254 g/mol. The average Bonchev–Trinajstić information content (AvgIpc) is 2.83. The molecule has 3 heterocycles. The molecular weight excluding hydrogens is 236 g/mol. The quantitative estimate of drug-likeness (QED) is 0.766. The number of piperazine rings is 1. The number of nitrogens with zero attached hydrogens (tertiary/aromatic N) is 4. The smallest absolute Gasteiger partial charge is 0.137 e. The van der Waals surface area contributed by atoms with Crippen molar-refractivity contribution in [3.8, 4) is 12.3 Å². The van der Waals surface area contributed by atoms with Gasteiger partial charge < -0.3 is 4.40 Å². The molecule has 4 nitrogen and oxygen atoms in total. The van der Waals surface area contributed by atoms with Crippen molar-refractivity contribution in [2.75, 3.05) is 32.7 Å². The van der Waals surface area contributed by atoms with Gasteiger partial charge in [0.2, 0.25) is 0 Å². The summed E-state index contributed by atoms with van der Waals surface area (Å²) in [4.78, 5) is 9.40. The molecule has 0 N–H and O–H groups in total. The average molecular weight is 254 g/mol. The minimum absolute atomic E-state index is 0.766. The zero-order valence-corrected chi connectivity index (χ0v) is 11.0. The topological polar surface area (TPSA) is 23.8 Å². The molecular formula is C15H18N4. The molecule has 0 spiro atoms. The summed E-state index contributed by atoms with van der Waals surface area (Å²) in [7, 11) is 0. The fourth-order valence-electron chi connectivity index (χ4n) is 2.53. The molecule has 0 bridgehead atoms. The summed E-state index contributed by atoms with van der Waals surface area (Å²) in [5.41, 5.74) is 2.15. The van der Waals surface area contributed by atoms with Crippen molar-refractivity contribution < 1.29 is 0 Å². The van der Waals surface area contributed by atoms with E-state index >= 15 is 0 Å². The van der Waals surface area contributed by atoms with Crippen LogP contribution in [0.1, 0.15) is 5.69 Å². The SMILES string of the molecule is C#CCN1CCN(Cc2cn3ccccc3n2)CC1. The Morgan fingerprint density at radius 1 is 1.16 bits per heavy atom. The summed E-state index contributed by atoms with van der Waals surface area (Å²) in [5.74, 6) is 2.71. The second kappa shape index (κ2) is 5.43. The van der Waals surface area contributed by atoms with Crippen molar-refractivity contribution in [2.45, 2.75) is 6.54 Å². The summed E-state index contributed by atoms with van der Waals surface area (Å²) in [6.45, 7) is 5.92. The van der Waals surface area contributed by atoms with Crippen molar-refractivity contribution in [3.05, 3.63) is 36.3 Å². The molecule has 0 aromatic carbocycles. The van der Waals surface area contributed by atoms with E-state index in [0.29, 0.717) is 0 Å². The van der Waals surface area contributed by atoms with Crippen molar-refractivity contribution in [2.24, 2.45) is 0 Å². The number of terminal acetylenes is 1. The molecule has 98 valence electrons. The lowest BCUT2D eigenvalue weighted by molar-refractivity contribution is 0.137. The van der Waals surface area contributed by atoms with Gasteiger partial charge in [-0.2, -0.15) is 0 Å². The minimum Gasteiger partial charge on any atom is -0.307 e. The molecule has 1 aliphatic heterocycles. The normalized spacial score (nSPS) is 17.6. The van der Waals surface area contributed by atoms with Crippen molar-refractivity contribution in [3.63, 3.8) is 0 Å². The molecule has 1 fully saturated rings. The Morgan fingerprint density at radius 3 is 2.68 bits per heavy atom. The van der Waals surface area contributed by atoms with Crippen LogP contribution in [0.15, 0.2) is 30.6 Å². The van der Waals surface area contributed by atoms with E-state index in [9.17, 15) is 0 Å². The molecule has 0 saturated carbocycles. The van der Waals surface area contributed by atoms with Crippen LogP contribution in [0.3, 0.4) is 0 Å². The summed E-state index contributed by atoms with van der Waals surface area (Å²) in [5, 5.41) is 0. The second-order valence-corrected chi connectivity index (χ2v) is 4.95. The van der Waals surface area contributed by atoms with Crippen LogP contribution in [0.4, 0.5) is 0 Å². The number of hydrogen-bond acceptors (Lipinski definition) is 3. The highest BCUT2D eigenvalue weighted by atomic mass is 15.3. The van der Waals surface area contributed by atoms with Gasteiger partial charge in [0.15, 0.2) is 0 Å². The third-order valence-corrected chi connectivity index (χ3v) is 3.58. The van der Waals surface area contributed by atoms with E-state index in [2.05, 4.69) is 31.3 Å². The van der Waals surface area contributed by atoms with Gasteiger partial charge in [0.25, 0.3) is 0 Å². The molecule has 0 radical (unpaired) electrons. The Balaban J connectivity index is 1.62. The van der Waals surface area contributed by atoms with Crippen LogP contribution >= 0.6 is 0 Å². The number of hydrogen-bond donors (Lipinski definition) is 0. The molecule has 3 rings (SSSR count). The van der Waals surface area contributed by atoms with E-state index < -0.39 is 0 Å². The van der Waals surface area contributed by atoms with Gasteiger partial charge in [-0.1, -0.05) is 12.0 Å². The third-order valence-electron chi connectivity index (χ3n) is 3.58. The molecule has 0 amide bonds. The molecule has 1 aliphatic rings. The number of fused-ring (bicyclic) bond motifs is 1. The van der Waals surface area contributed by atoms with Crippen LogP contribution in [-0.2, 0) is 6.54 Å². The van der Waals surface area contributed by atoms with Gasteiger partial charge in [0.1, 0.15) is 5.65 Å².